The van der Waals surface area contributed by atoms with Gasteiger partial charge in [0.2, 0.25) is 0 Å². The van der Waals surface area contributed by atoms with Gasteiger partial charge in [0.05, 0.1) is 11.1 Å². The van der Waals surface area contributed by atoms with Crippen LogP contribution in [-0.2, 0) is 28.1 Å². The molecule has 0 spiro atoms. The van der Waals surface area contributed by atoms with Crippen molar-refractivity contribution < 1.29 is 37.3 Å². The van der Waals surface area contributed by atoms with Gasteiger partial charge in [0.15, 0.2) is 11.6 Å². The van der Waals surface area contributed by atoms with E-state index in [4.69, 9.17) is 9.47 Å². The number of halogens is 3. The molecule has 1 heterocycles. The summed E-state index contributed by atoms with van der Waals surface area (Å²) >= 11 is 0. The van der Waals surface area contributed by atoms with E-state index in [1.165, 1.54) is 12.1 Å². The lowest BCUT2D eigenvalue weighted by molar-refractivity contribution is -0.136. The molecule has 6 nitrogen and oxygen atoms in total. The molecule has 0 saturated carbocycles. The number of ether oxygens (including phenoxy) is 2. The second kappa shape index (κ2) is 11.9. The van der Waals surface area contributed by atoms with Crippen molar-refractivity contribution in [3.05, 3.63) is 99.4 Å². The first-order valence-corrected chi connectivity index (χ1v) is 12.7. The molecule has 1 aliphatic heterocycles. The Hall–Kier alpha value is -3.85. The van der Waals surface area contributed by atoms with Crippen LogP contribution in [0.15, 0.2) is 48.5 Å². The van der Waals surface area contributed by atoms with Crippen LogP contribution in [0.5, 0.6) is 5.75 Å². The van der Waals surface area contributed by atoms with Gasteiger partial charge in [-0.25, -0.2) is 13.2 Å². The largest absolute Gasteiger partial charge is 0.489 e. The lowest BCUT2D eigenvalue weighted by Gasteiger charge is -2.39. The van der Waals surface area contributed by atoms with Gasteiger partial charge < -0.3 is 19.9 Å². The maximum Gasteiger partial charge on any atom is 0.303 e. The molecule has 39 heavy (non-hydrogen) atoms. The molecule has 0 aliphatic carbocycles. The Morgan fingerprint density at radius 2 is 1.64 bits per heavy atom. The predicted octanol–water partition coefficient (Wildman–Crippen LogP) is 5.75. The molecular formula is C30H30F3NO5. The molecule has 1 aliphatic rings. The summed E-state index contributed by atoms with van der Waals surface area (Å²) in [6.45, 7) is 4.27. The Labute approximate surface area is 224 Å². The Bertz CT molecular complexity index is 1370. The zero-order valence-electron chi connectivity index (χ0n) is 21.8. The van der Waals surface area contributed by atoms with Crippen LogP contribution >= 0.6 is 0 Å². The van der Waals surface area contributed by atoms with Crippen molar-refractivity contribution in [1.82, 2.24) is 5.32 Å². The van der Waals surface area contributed by atoms with Gasteiger partial charge in [-0.1, -0.05) is 35.4 Å². The molecule has 2 N–H and O–H groups in total. The summed E-state index contributed by atoms with van der Waals surface area (Å²) in [6.07, 6.45) is 0.974. The van der Waals surface area contributed by atoms with Crippen LogP contribution in [0.2, 0.25) is 0 Å². The lowest BCUT2D eigenvalue weighted by atomic mass is 9.81. The first-order valence-electron chi connectivity index (χ1n) is 12.7. The van der Waals surface area contributed by atoms with E-state index >= 15 is 0 Å². The number of nitrogens with one attached hydrogen (secondary N) is 1. The fraction of sp³-hybridized carbons (Fsp3) is 0.333. The minimum atomic E-state index is -1.35. The molecule has 4 rings (SSSR count). The van der Waals surface area contributed by atoms with E-state index in [2.05, 4.69) is 5.32 Å². The molecule has 0 unspecified atom stereocenters. The quantitative estimate of drug-likeness (QED) is 0.337. The molecule has 0 radical (unpaired) electrons. The van der Waals surface area contributed by atoms with Crippen molar-refractivity contribution in [2.75, 3.05) is 13.2 Å². The second-order valence-electron chi connectivity index (χ2n) is 9.85. The smallest absolute Gasteiger partial charge is 0.303 e. The highest BCUT2D eigenvalue weighted by Crippen LogP contribution is 2.34. The first kappa shape index (κ1) is 28.2. The molecule has 0 atom stereocenters. The molecule has 3 aromatic carbocycles. The zero-order chi connectivity index (χ0) is 28.2. The molecule has 0 aromatic heterocycles. The van der Waals surface area contributed by atoms with Gasteiger partial charge in [0.25, 0.3) is 5.91 Å². The van der Waals surface area contributed by atoms with Gasteiger partial charge in [-0.3, -0.25) is 9.59 Å². The Morgan fingerprint density at radius 1 is 0.974 bits per heavy atom. The number of carboxylic acids is 1. The monoisotopic (exact) mass is 541 g/mol. The van der Waals surface area contributed by atoms with E-state index in [0.29, 0.717) is 37.7 Å². The van der Waals surface area contributed by atoms with Crippen LogP contribution in [-0.4, -0.2) is 30.2 Å². The number of hydrogen-bond acceptors (Lipinski definition) is 4. The molecular weight excluding hydrogens is 511 g/mol. The fourth-order valence-corrected chi connectivity index (χ4v) is 4.91. The molecule has 1 fully saturated rings. The third-order valence-electron chi connectivity index (χ3n) is 6.93. The molecule has 0 bridgehead atoms. The summed E-state index contributed by atoms with van der Waals surface area (Å²) in [5.41, 5.74) is 2.44. The van der Waals surface area contributed by atoms with Gasteiger partial charge in [0, 0.05) is 25.2 Å². The van der Waals surface area contributed by atoms with Gasteiger partial charge in [-0.2, -0.15) is 0 Å². The van der Waals surface area contributed by atoms with Gasteiger partial charge in [0.1, 0.15) is 18.2 Å². The average molecular weight is 542 g/mol. The van der Waals surface area contributed by atoms with E-state index in [9.17, 15) is 27.9 Å². The van der Waals surface area contributed by atoms with Crippen LogP contribution in [0, 0.1) is 31.3 Å². The Balaban J connectivity index is 1.66. The first-order chi connectivity index (χ1) is 18.6. The van der Waals surface area contributed by atoms with Crippen molar-refractivity contribution in [2.45, 2.75) is 51.7 Å². The topological polar surface area (TPSA) is 84.9 Å². The van der Waals surface area contributed by atoms with Gasteiger partial charge in [-0.05, 0) is 68.5 Å². The van der Waals surface area contributed by atoms with Crippen molar-refractivity contribution in [3.63, 3.8) is 0 Å². The molecule has 3 aromatic rings. The summed E-state index contributed by atoms with van der Waals surface area (Å²) in [7, 11) is 0. The number of benzene rings is 3. The van der Waals surface area contributed by atoms with Crippen molar-refractivity contribution in [2.24, 2.45) is 0 Å². The van der Waals surface area contributed by atoms with Crippen LogP contribution in [0.1, 0.15) is 57.4 Å². The van der Waals surface area contributed by atoms with E-state index < -0.39 is 47.0 Å². The van der Waals surface area contributed by atoms with Gasteiger partial charge in [-0.15, -0.1) is 0 Å². The molecule has 9 heteroatoms. The van der Waals surface area contributed by atoms with E-state index in [-0.39, 0.29) is 24.2 Å². The third-order valence-corrected chi connectivity index (χ3v) is 6.93. The number of carboxylic acid groups (broad SMARTS) is 1. The standard InChI is InChI=1S/C30H30F3NO5/c1-18-13-19(2)15-21(14-18)30(9-11-38-12-10-30)34-29(37)23-16-22(5-3-20(23)4-8-27(35)36)39-17-24-25(31)6-7-26(32)28(24)33/h3,5-7,13-16H,4,8-12,17H2,1-2H3,(H,34,37)(H,35,36). The van der Waals surface area contributed by atoms with Crippen molar-refractivity contribution >= 4 is 11.9 Å². The van der Waals surface area contributed by atoms with Crippen molar-refractivity contribution in [3.8, 4) is 5.75 Å². The van der Waals surface area contributed by atoms with Crippen LogP contribution in [0.25, 0.3) is 0 Å². The highest BCUT2D eigenvalue weighted by Gasteiger charge is 2.37. The number of aliphatic carboxylic acids is 1. The number of carbonyl (C=O) groups is 2. The molecule has 1 saturated heterocycles. The number of rotatable bonds is 9. The zero-order valence-corrected chi connectivity index (χ0v) is 21.8. The minimum absolute atomic E-state index is 0.0885. The summed E-state index contributed by atoms with van der Waals surface area (Å²) in [6, 6.07) is 12.1. The Morgan fingerprint density at radius 3 is 2.31 bits per heavy atom. The predicted molar refractivity (Wildman–Crippen MR) is 138 cm³/mol. The second-order valence-corrected chi connectivity index (χ2v) is 9.85. The fourth-order valence-electron chi connectivity index (χ4n) is 4.91. The SMILES string of the molecule is Cc1cc(C)cc(C2(NC(=O)c3cc(OCc4c(F)ccc(F)c4F)ccc3CCC(=O)O)CCOCC2)c1. The Kier molecular flexibility index (Phi) is 8.60. The number of hydrogen-bond donors (Lipinski definition) is 2. The highest BCUT2D eigenvalue weighted by molar-refractivity contribution is 5.97. The third kappa shape index (κ3) is 6.60. The molecule has 1 amide bonds. The van der Waals surface area contributed by atoms with Crippen molar-refractivity contribution in [1.29, 1.82) is 0 Å². The maximum absolute atomic E-state index is 14.1. The van der Waals surface area contributed by atoms with Crippen LogP contribution in [0.4, 0.5) is 13.2 Å². The van der Waals surface area contributed by atoms with E-state index in [1.807, 2.05) is 32.0 Å². The summed E-state index contributed by atoms with van der Waals surface area (Å²) in [5, 5.41) is 12.4. The number of amides is 1. The normalized spacial score (nSPS) is 14.6. The van der Waals surface area contributed by atoms with Gasteiger partial charge >= 0.3 is 5.97 Å². The lowest BCUT2D eigenvalue weighted by Crippen LogP contribution is -2.49. The van der Waals surface area contributed by atoms with Crippen LogP contribution in [0.3, 0.4) is 0 Å². The van der Waals surface area contributed by atoms with E-state index in [1.54, 1.807) is 6.07 Å². The summed E-state index contributed by atoms with van der Waals surface area (Å²) in [4.78, 5) is 25.0. The summed E-state index contributed by atoms with van der Waals surface area (Å²) in [5.74, 6) is -4.84. The maximum atomic E-state index is 14.1. The minimum Gasteiger partial charge on any atom is -0.489 e. The number of carbonyl (C=O) groups excluding carboxylic acids is 1. The average Bonchev–Trinajstić information content (AvgIpc) is 2.90. The highest BCUT2D eigenvalue weighted by atomic mass is 19.2. The molecule has 206 valence electrons. The van der Waals surface area contributed by atoms with Crippen LogP contribution < -0.4 is 10.1 Å². The summed E-state index contributed by atoms with van der Waals surface area (Å²) < 4.78 is 52.9. The van der Waals surface area contributed by atoms with E-state index in [0.717, 1.165) is 22.8 Å². The number of aryl methyl sites for hydroxylation is 3.